The summed E-state index contributed by atoms with van der Waals surface area (Å²) in [5.74, 6) is 3.49. The zero-order valence-corrected chi connectivity index (χ0v) is 9.29. The van der Waals surface area contributed by atoms with Crippen LogP contribution in [0.3, 0.4) is 0 Å². The lowest BCUT2D eigenvalue weighted by Gasteiger charge is -2.19. The zero-order chi connectivity index (χ0) is 9.10. The van der Waals surface area contributed by atoms with Gasteiger partial charge in [-0.15, -0.1) is 11.3 Å². The molecule has 2 heterocycles. The van der Waals surface area contributed by atoms with Crippen LogP contribution in [-0.2, 0) is 6.54 Å². The lowest BCUT2D eigenvalue weighted by molar-refractivity contribution is 0.648. The van der Waals surface area contributed by atoms with E-state index in [1.54, 1.807) is 4.88 Å². The minimum atomic E-state index is 0.701. The van der Waals surface area contributed by atoms with Crippen LogP contribution in [-0.4, -0.2) is 11.5 Å². The Balaban J connectivity index is 2.05. The first-order valence-electron chi connectivity index (χ1n) is 4.76. The summed E-state index contributed by atoms with van der Waals surface area (Å²) >= 11 is 3.99. The smallest absolute Gasteiger partial charge is 0.0273 e. The Morgan fingerprint density at radius 1 is 1.31 bits per heavy atom. The number of thiophene rings is 1. The van der Waals surface area contributed by atoms with E-state index in [1.165, 1.54) is 29.2 Å². The highest BCUT2D eigenvalue weighted by atomic mass is 32.2. The van der Waals surface area contributed by atoms with Crippen molar-refractivity contribution in [3.05, 3.63) is 21.9 Å². The molecule has 0 saturated carbocycles. The van der Waals surface area contributed by atoms with Crippen LogP contribution in [0.5, 0.6) is 0 Å². The molecule has 0 radical (unpaired) electrons. The molecule has 0 atom stereocenters. The molecule has 0 aromatic carbocycles. The van der Waals surface area contributed by atoms with Crippen molar-refractivity contribution >= 4 is 23.1 Å². The number of nitrogens with two attached hydrogens (primary N) is 1. The molecule has 2 rings (SSSR count). The Morgan fingerprint density at radius 2 is 2.08 bits per heavy atom. The van der Waals surface area contributed by atoms with Gasteiger partial charge >= 0.3 is 0 Å². The first kappa shape index (κ1) is 9.56. The van der Waals surface area contributed by atoms with Gasteiger partial charge in [0, 0.05) is 16.3 Å². The topological polar surface area (TPSA) is 26.0 Å². The van der Waals surface area contributed by atoms with Gasteiger partial charge in [-0.1, -0.05) is 0 Å². The molecular weight excluding hydrogens is 198 g/mol. The molecule has 1 saturated heterocycles. The molecule has 1 aromatic heterocycles. The predicted molar refractivity (Wildman–Crippen MR) is 61.5 cm³/mol. The number of rotatable bonds is 2. The average Bonchev–Trinajstić information content (AvgIpc) is 2.67. The van der Waals surface area contributed by atoms with Crippen molar-refractivity contribution in [2.24, 2.45) is 5.73 Å². The fourth-order valence-electron chi connectivity index (χ4n) is 1.71. The third-order valence-electron chi connectivity index (χ3n) is 2.51. The van der Waals surface area contributed by atoms with Crippen LogP contribution >= 0.6 is 23.1 Å². The Labute approximate surface area is 87.7 Å². The summed E-state index contributed by atoms with van der Waals surface area (Å²) in [6.45, 7) is 0.701. The summed E-state index contributed by atoms with van der Waals surface area (Å²) in [6, 6.07) is 4.45. The van der Waals surface area contributed by atoms with E-state index in [1.807, 2.05) is 11.3 Å². The van der Waals surface area contributed by atoms with E-state index in [0.717, 1.165) is 5.92 Å². The van der Waals surface area contributed by atoms with Crippen molar-refractivity contribution in [1.29, 1.82) is 0 Å². The standard InChI is InChI=1S/C10H15NS2/c11-7-9-1-2-10(13-9)8-3-5-12-6-4-8/h1-2,8H,3-7,11H2. The van der Waals surface area contributed by atoms with Crippen molar-refractivity contribution in [2.75, 3.05) is 11.5 Å². The molecule has 3 heteroatoms. The molecule has 0 aliphatic carbocycles. The van der Waals surface area contributed by atoms with E-state index in [2.05, 4.69) is 23.9 Å². The Hall–Kier alpha value is 0.01000. The lowest BCUT2D eigenvalue weighted by Crippen LogP contribution is -2.05. The molecule has 72 valence electrons. The normalized spacial score (nSPS) is 19.2. The van der Waals surface area contributed by atoms with Gasteiger partial charge in [0.05, 0.1) is 0 Å². The first-order chi connectivity index (χ1) is 6.40. The van der Waals surface area contributed by atoms with Crippen LogP contribution in [0.4, 0.5) is 0 Å². The largest absolute Gasteiger partial charge is 0.326 e. The molecule has 0 unspecified atom stereocenters. The van der Waals surface area contributed by atoms with E-state index in [0.29, 0.717) is 6.54 Å². The second-order valence-corrected chi connectivity index (χ2v) is 5.82. The Kier molecular flexibility index (Phi) is 3.30. The van der Waals surface area contributed by atoms with Gasteiger partial charge in [-0.25, -0.2) is 0 Å². The molecule has 1 aliphatic rings. The molecule has 1 aliphatic heterocycles. The minimum absolute atomic E-state index is 0.701. The summed E-state index contributed by atoms with van der Waals surface area (Å²) in [7, 11) is 0. The number of hydrogen-bond acceptors (Lipinski definition) is 3. The molecule has 1 aromatic rings. The van der Waals surface area contributed by atoms with Gasteiger partial charge in [0.15, 0.2) is 0 Å². The number of thioether (sulfide) groups is 1. The van der Waals surface area contributed by atoms with Crippen LogP contribution in [0.25, 0.3) is 0 Å². The molecular formula is C10H15NS2. The van der Waals surface area contributed by atoms with Gasteiger partial charge in [-0.2, -0.15) is 11.8 Å². The molecule has 0 bridgehead atoms. The molecule has 1 fully saturated rings. The van der Waals surface area contributed by atoms with Crippen molar-refractivity contribution in [3.8, 4) is 0 Å². The van der Waals surface area contributed by atoms with E-state index < -0.39 is 0 Å². The maximum atomic E-state index is 5.60. The van der Waals surface area contributed by atoms with Gasteiger partial charge in [-0.05, 0) is 42.4 Å². The minimum Gasteiger partial charge on any atom is -0.326 e. The molecule has 13 heavy (non-hydrogen) atoms. The van der Waals surface area contributed by atoms with Gasteiger partial charge in [-0.3, -0.25) is 0 Å². The average molecular weight is 213 g/mol. The van der Waals surface area contributed by atoms with E-state index in [4.69, 9.17) is 5.73 Å². The highest BCUT2D eigenvalue weighted by molar-refractivity contribution is 7.99. The third-order valence-corrected chi connectivity index (χ3v) is 4.83. The fourth-order valence-corrected chi connectivity index (χ4v) is 3.87. The SMILES string of the molecule is NCc1ccc(C2CCSCC2)s1. The van der Waals surface area contributed by atoms with Crippen LogP contribution in [0.15, 0.2) is 12.1 Å². The van der Waals surface area contributed by atoms with Gasteiger partial charge in [0.2, 0.25) is 0 Å². The quantitative estimate of drug-likeness (QED) is 0.817. The summed E-state index contributed by atoms with van der Waals surface area (Å²) in [5, 5.41) is 0. The zero-order valence-electron chi connectivity index (χ0n) is 7.66. The molecule has 1 nitrogen and oxygen atoms in total. The Morgan fingerprint density at radius 3 is 2.69 bits per heavy atom. The first-order valence-corrected chi connectivity index (χ1v) is 6.73. The maximum Gasteiger partial charge on any atom is 0.0273 e. The highest BCUT2D eigenvalue weighted by Gasteiger charge is 2.16. The van der Waals surface area contributed by atoms with Crippen LogP contribution in [0, 0.1) is 0 Å². The summed E-state index contributed by atoms with van der Waals surface area (Å²) in [4.78, 5) is 2.88. The second-order valence-electron chi connectivity index (χ2n) is 3.39. The highest BCUT2D eigenvalue weighted by Crippen LogP contribution is 2.35. The van der Waals surface area contributed by atoms with Crippen molar-refractivity contribution < 1.29 is 0 Å². The summed E-state index contributed by atoms with van der Waals surface area (Å²) in [5.41, 5.74) is 5.60. The maximum absolute atomic E-state index is 5.60. The van der Waals surface area contributed by atoms with Crippen molar-refractivity contribution in [2.45, 2.75) is 25.3 Å². The molecule has 0 amide bonds. The van der Waals surface area contributed by atoms with Gasteiger partial charge < -0.3 is 5.73 Å². The van der Waals surface area contributed by atoms with E-state index in [9.17, 15) is 0 Å². The number of hydrogen-bond donors (Lipinski definition) is 1. The Bertz CT molecular complexity index is 264. The predicted octanol–water partition coefficient (Wildman–Crippen LogP) is 2.82. The van der Waals surface area contributed by atoms with Crippen molar-refractivity contribution in [3.63, 3.8) is 0 Å². The lowest BCUT2D eigenvalue weighted by atomic mass is 10.0. The molecule has 2 N–H and O–H groups in total. The van der Waals surface area contributed by atoms with E-state index >= 15 is 0 Å². The summed E-state index contributed by atoms with van der Waals surface area (Å²) in [6.07, 6.45) is 2.71. The summed E-state index contributed by atoms with van der Waals surface area (Å²) < 4.78 is 0. The van der Waals surface area contributed by atoms with Crippen LogP contribution in [0.2, 0.25) is 0 Å². The monoisotopic (exact) mass is 213 g/mol. The van der Waals surface area contributed by atoms with Gasteiger partial charge in [0.1, 0.15) is 0 Å². The van der Waals surface area contributed by atoms with Crippen molar-refractivity contribution in [1.82, 2.24) is 0 Å². The van der Waals surface area contributed by atoms with Crippen LogP contribution in [0.1, 0.15) is 28.5 Å². The fraction of sp³-hybridized carbons (Fsp3) is 0.600. The molecule has 0 spiro atoms. The van der Waals surface area contributed by atoms with Crippen LogP contribution < -0.4 is 5.73 Å². The third kappa shape index (κ3) is 2.27. The van der Waals surface area contributed by atoms with Gasteiger partial charge in [0.25, 0.3) is 0 Å². The second kappa shape index (κ2) is 4.49. The van der Waals surface area contributed by atoms with E-state index in [-0.39, 0.29) is 0 Å².